The average molecular weight is 264 g/mol. The van der Waals surface area contributed by atoms with Crippen LogP contribution in [0.3, 0.4) is 0 Å². The highest BCUT2D eigenvalue weighted by atomic mass is 35.5. The predicted octanol–water partition coefficient (Wildman–Crippen LogP) is 3.22. The monoisotopic (exact) mass is 263 g/mol. The van der Waals surface area contributed by atoms with Crippen molar-refractivity contribution in [3.05, 3.63) is 57.9 Å². The van der Waals surface area contributed by atoms with E-state index in [4.69, 9.17) is 11.6 Å². The molecule has 4 nitrogen and oxygen atoms in total. The Labute approximate surface area is 110 Å². The minimum Gasteiger partial charge on any atom is -0.258 e. The third kappa shape index (κ3) is 2.49. The summed E-state index contributed by atoms with van der Waals surface area (Å²) >= 11 is 6.07. The molecule has 0 saturated carbocycles. The Hall–Kier alpha value is -1.94. The third-order valence-corrected chi connectivity index (χ3v) is 3.04. The van der Waals surface area contributed by atoms with Gasteiger partial charge in [-0.05, 0) is 18.6 Å². The van der Waals surface area contributed by atoms with Crippen LogP contribution in [0.15, 0.2) is 42.7 Å². The molecule has 0 aliphatic heterocycles. The summed E-state index contributed by atoms with van der Waals surface area (Å²) in [4.78, 5) is 10.2. The van der Waals surface area contributed by atoms with E-state index in [9.17, 15) is 10.1 Å². The topological polar surface area (TPSA) is 47.0 Å². The van der Waals surface area contributed by atoms with E-state index < -0.39 is 4.92 Å². The van der Waals surface area contributed by atoms with Crippen molar-refractivity contribution in [1.29, 1.82) is 0 Å². The van der Waals surface area contributed by atoms with E-state index in [1.807, 2.05) is 29.1 Å². The van der Waals surface area contributed by atoms with Crippen molar-refractivity contribution >= 4 is 17.3 Å². The molecular weight excluding hydrogens is 252 g/mol. The number of nitro benzene ring substituents is 1. The molecule has 0 fully saturated rings. The zero-order chi connectivity index (χ0) is 13.1. The number of halogens is 1. The lowest BCUT2D eigenvalue weighted by atomic mass is 10.1. The molecule has 0 saturated heterocycles. The Balaban J connectivity index is 2.41. The highest BCUT2D eigenvalue weighted by Gasteiger charge is 2.11. The summed E-state index contributed by atoms with van der Waals surface area (Å²) in [5.41, 5.74) is 1.74. The summed E-state index contributed by atoms with van der Waals surface area (Å²) in [5.74, 6) is 0. The summed E-state index contributed by atoms with van der Waals surface area (Å²) in [7, 11) is 0. The third-order valence-electron chi connectivity index (χ3n) is 2.73. The van der Waals surface area contributed by atoms with Crippen molar-refractivity contribution in [2.24, 2.45) is 0 Å². The predicted molar refractivity (Wildman–Crippen MR) is 69.4 cm³/mol. The van der Waals surface area contributed by atoms with Crippen molar-refractivity contribution in [3.63, 3.8) is 0 Å². The fraction of sp³-hybridized carbons (Fsp3) is 0.154. The van der Waals surface area contributed by atoms with Crippen LogP contribution in [0.2, 0.25) is 5.02 Å². The smallest absolute Gasteiger partial charge is 0.258 e. The van der Waals surface area contributed by atoms with Gasteiger partial charge in [-0.3, -0.25) is 10.1 Å². The van der Waals surface area contributed by atoms with Gasteiger partial charge in [0.2, 0.25) is 0 Å². The first-order chi connectivity index (χ1) is 8.61. The fourth-order valence-electron chi connectivity index (χ4n) is 1.70. The van der Waals surface area contributed by atoms with Gasteiger partial charge in [0, 0.05) is 29.8 Å². The number of nitro groups is 1. The van der Waals surface area contributed by atoms with E-state index in [0.29, 0.717) is 5.02 Å². The van der Waals surface area contributed by atoms with Gasteiger partial charge in [0.25, 0.3) is 5.69 Å². The van der Waals surface area contributed by atoms with Crippen LogP contribution in [0.1, 0.15) is 6.92 Å². The molecule has 1 aromatic carbocycles. The van der Waals surface area contributed by atoms with E-state index in [1.54, 1.807) is 6.07 Å². The van der Waals surface area contributed by atoms with Crippen LogP contribution in [-0.2, 0) is 6.54 Å². The standard InChI is InChI=1S/C13H12ClN2O2/c1-2-15-7-5-10(6-8-15)12-4-3-11(16(17)18)9-13(12)14/h3-9H,2H2,1H3/q+1. The summed E-state index contributed by atoms with van der Waals surface area (Å²) in [5, 5.41) is 11.0. The molecule has 1 aromatic heterocycles. The van der Waals surface area contributed by atoms with Crippen molar-refractivity contribution < 1.29 is 9.49 Å². The Morgan fingerprint density at radius 1 is 1.28 bits per heavy atom. The molecular formula is C13H12ClN2O2+. The molecule has 0 atom stereocenters. The molecule has 0 unspecified atom stereocenters. The average Bonchev–Trinajstić information content (AvgIpc) is 2.38. The molecule has 0 spiro atoms. The van der Waals surface area contributed by atoms with E-state index in [1.165, 1.54) is 12.1 Å². The largest absolute Gasteiger partial charge is 0.270 e. The lowest BCUT2D eigenvalue weighted by Crippen LogP contribution is -2.30. The number of non-ortho nitro benzene ring substituents is 1. The summed E-state index contributed by atoms with van der Waals surface area (Å²) in [6.45, 7) is 2.95. The summed E-state index contributed by atoms with van der Waals surface area (Å²) < 4.78 is 2.03. The Morgan fingerprint density at radius 2 is 1.94 bits per heavy atom. The zero-order valence-electron chi connectivity index (χ0n) is 9.84. The van der Waals surface area contributed by atoms with E-state index >= 15 is 0 Å². The first kappa shape index (κ1) is 12.5. The molecule has 0 aliphatic carbocycles. The maximum atomic E-state index is 10.6. The van der Waals surface area contributed by atoms with Crippen molar-refractivity contribution in [2.45, 2.75) is 13.5 Å². The number of benzene rings is 1. The van der Waals surface area contributed by atoms with Crippen LogP contribution >= 0.6 is 11.6 Å². The molecule has 92 valence electrons. The van der Waals surface area contributed by atoms with Crippen LogP contribution in [0.5, 0.6) is 0 Å². The maximum Gasteiger partial charge on any atom is 0.270 e. The maximum absolute atomic E-state index is 10.6. The van der Waals surface area contributed by atoms with Gasteiger partial charge in [-0.2, -0.15) is 0 Å². The number of hydrogen-bond acceptors (Lipinski definition) is 2. The van der Waals surface area contributed by atoms with Gasteiger partial charge < -0.3 is 0 Å². The van der Waals surface area contributed by atoms with E-state index in [2.05, 4.69) is 6.92 Å². The quantitative estimate of drug-likeness (QED) is 0.485. The van der Waals surface area contributed by atoms with Gasteiger partial charge in [-0.25, -0.2) is 4.57 Å². The summed E-state index contributed by atoms with van der Waals surface area (Å²) in [6, 6.07) is 8.39. The minimum absolute atomic E-state index is 0.00306. The van der Waals surface area contributed by atoms with Crippen LogP contribution < -0.4 is 4.57 Å². The molecule has 0 aliphatic rings. The lowest BCUT2D eigenvalue weighted by Gasteiger charge is -2.03. The van der Waals surface area contributed by atoms with Crippen molar-refractivity contribution in [1.82, 2.24) is 0 Å². The first-order valence-corrected chi connectivity index (χ1v) is 5.93. The number of aryl methyl sites for hydroxylation is 1. The normalized spacial score (nSPS) is 10.3. The van der Waals surface area contributed by atoms with Gasteiger partial charge >= 0.3 is 0 Å². The number of pyridine rings is 1. The fourth-order valence-corrected chi connectivity index (χ4v) is 1.98. The minimum atomic E-state index is -0.453. The summed E-state index contributed by atoms with van der Waals surface area (Å²) in [6.07, 6.45) is 3.90. The van der Waals surface area contributed by atoms with Crippen LogP contribution in [0.25, 0.3) is 11.1 Å². The van der Waals surface area contributed by atoms with Gasteiger partial charge in [-0.15, -0.1) is 0 Å². The number of nitrogens with zero attached hydrogens (tertiary/aromatic N) is 2. The van der Waals surface area contributed by atoms with E-state index in [-0.39, 0.29) is 5.69 Å². The second-order valence-corrected chi connectivity index (χ2v) is 4.25. The Bertz CT molecular complexity index is 582. The molecule has 0 radical (unpaired) electrons. The van der Waals surface area contributed by atoms with Gasteiger partial charge in [0.1, 0.15) is 6.54 Å². The number of aromatic nitrogens is 1. The highest BCUT2D eigenvalue weighted by molar-refractivity contribution is 6.33. The molecule has 2 aromatic rings. The lowest BCUT2D eigenvalue weighted by molar-refractivity contribution is -0.693. The van der Waals surface area contributed by atoms with Gasteiger partial charge in [0.05, 0.1) is 9.95 Å². The second kappa shape index (κ2) is 5.14. The first-order valence-electron chi connectivity index (χ1n) is 5.55. The Morgan fingerprint density at radius 3 is 2.44 bits per heavy atom. The van der Waals surface area contributed by atoms with Crippen LogP contribution in [0.4, 0.5) is 5.69 Å². The highest BCUT2D eigenvalue weighted by Crippen LogP contribution is 2.30. The van der Waals surface area contributed by atoms with Crippen molar-refractivity contribution in [3.8, 4) is 11.1 Å². The van der Waals surface area contributed by atoms with Crippen LogP contribution in [0, 0.1) is 10.1 Å². The molecule has 0 bridgehead atoms. The molecule has 2 rings (SSSR count). The Kier molecular flexibility index (Phi) is 3.58. The molecule has 1 heterocycles. The zero-order valence-corrected chi connectivity index (χ0v) is 10.6. The second-order valence-electron chi connectivity index (χ2n) is 3.84. The molecule has 0 amide bonds. The van der Waals surface area contributed by atoms with Gasteiger partial charge in [-0.1, -0.05) is 11.6 Å². The molecule has 5 heteroatoms. The number of hydrogen-bond donors (Lipinski definition) is 0. The molecule has 18 heavy (non-hydrogen) atoms. The van der Waals surface area contributed by atoms with Gasteiger partial charge in [0.15, 0.2) is 12.4 Å². The number of rotatable bonds is 3. The molecule has 0 N–H and O–H groups in total. The van der Waals surface area contributed by atoms with Crippen molar-refractivity contribution in [2.75, 3.05) is 0 Å². The van der Waals surface area contributed by atoms with E-state index in [0.717, 1.165) is 17.7 Å². The SMILES string of the molecule is CC[n+]1ccc(-c2ccc([N+](=O)[O-])cc2Cl)cc1. The van der Waals surface area contributed by atoms with Crippen LogP contribution in [-0.4, -0.2) is 4.92 Å².